The smallest absolute Gasteiger partial charge is 0.465 e. The van der Waals surface area contributed by atoms with Gasteiger partial charge in [-0.2, -0.15) is 0 Å². The van der Waals surface area contributed by atoms with Crippen LogP contribution < -0.4 is 4.74 Å². The fourth-order valence-electron chi connectivity index (χ4n) is 3.90. The molecule has 0 bridgehead atoms. The lowest BCUT2D eigenvalue weighted by Gasteiger charge is -2.31. The Morgan fingerprint density at radius 2 is 1.72 bits per heavy atom. The van der Waals surface area contributed by atoms with Gasteiger partial charge in [0.1, 0.15) is 12.4 Å². The minimum Gasteiger partial charge on any atom is -0.465 e. The molecule has 2 aliphatic rings. The van der Waals surface area contributed by atoms with Crippen molar-refractivity contribution in [2.75, 3.05) is 19.8 Å². The Morgan fingerprint density at radius 1 is 1.14 bits per heavy atom. The summed E-state index contributed by atoms with van der Waals surface area (Å²) in [7, 11) is 0. The number of ether oxygens (including phenoxy) is 3. The van der Waals surface area contributed by atoms with Gasteiger partial charge in [0.05, 0.1) is 24.8 Å². The lowest BCUT2D eigenvalue weighted by Crippen LogP contribution is -2.45. The highest BCUT2D eigenvalue weighted by atomic mass is 19.4. The van der Waals surface area contributed by atoms with Gasteiger partial charge in [-0.3, -0.25) is 9.59 Å². The summed E-state index contributed by atoms with van der Waals surface area (Å²) in [6.07, 6.45) is -4.75. The molecule has 1 aliphatic heterocycles. The van der Waals surface area contributed by atoms with E-state index in [0.29, 0.717) is 11.3 Å². The molecule has 3 rings (SSSR count). The van der Waals surface area contributed by atoms with Gasteiger partial charge in [0.15, 0.2) is 5.41 Å². The maximum atomic E-state index is 13.0. The molecule has 158 valence electrons. The number of halogens is 3. The van der Waals surface area contributed by atoms with E-state index in [1.165, 1.54) is 12.1 Å². The number of benzene rings is 1. The van der Waals surface area contributed by atoms with Crippen molar-refractivity contribution in [3.8, 4) is 5.75 Å². The predicted molar refractivity (Wildman–Crippen MR) is 93.1 cm³/mol. The lowest BCUT2D eigenvalue weighted by molar-refractivity contribution is -0.274. The summed E-state index contributed by atoms with van der Waals surface area (Å²) >= 11 is 0. The Balaban J connectivity index is 2.05. The number of rotatable bonds is 6. The molecule has 0 unspecified atom stereocenters. The van der Waals surface area contributed by atoms with E-state index < -0.39 is 35.4 Å². The van der Waals surface area contributed by atoms with E-state index in [0.717, 1.165) is 12.1 Å². The first-order valence-electron chi connectivity index (χ1n) is 9.12. The van der Waals surface area contributed by atoms with Crippen molar-refractivity contribution in [1.82, 2.24) is 0 Å². The van der Waals surface area contributed by atoms with Crippen molar-refractivity contribution in [2.24, 2.45) is 16.5 Å². The van der Waals surface area contributed by atoms with Crippen molar-refractivity contribution >= 4 is 17.7 Å². The number of nitrogens with zero attached hydrogens (tertiary/aromatic N) is 1. The van der Waals surface area contributed by atoms with Gasteiger partial charge in [-0.1, -0.05) is 17.3 Å². The van der Waals surface area contributed by atoms with Gasteiger partial charge in [-0.05, 0) is 38.0 Å². The molecule has 0 amide bonds. The van der Waals surface area contributed by atoms with E-state index in [1.807, 2.05) is 0 Å². The molecule has 7 nitrogen and oxygen atoms in total. The van der Waals surface area contributed by atoms with Crippen molar-refractivity contribution in [3.63, 3.8) is 0 Å². The topological polar surface area (TPSA) is 83.4 Å². The molecule has 1 aromatic carbocycles. The monoisotopic (exact) mass is 415 g/mol. The van der Waals surface area contributed by atoms with Crippen LogP contribution in [0, 0.1) is 11.3 Å². The van der Waals surface area contributed by atoms with Gasteiger partial charge >= 0.3 is 18.3 Å². The third kappa shape index (κ3) is 3.88. The number of esters is 2. The maximum Gasteiger partial charge on any atom is 0.573 e. The summed E-state index contributed by atoms with van der Waals surface area (Å²) in [6, 6.07) is 4.96. The molecule has 0 N–H and O–H groups in total. The molecule has 0 aromatic heterocycles. The zero-order chi connectivity index (χ0) is 21.2. The van der Waals surface area contributed by atoms with E-state index >= 15 is 0 Å². The van der Waals surface area contributed by atoms with Gasteiger partial charge in [0.25, 0.3) is 0 Å². The summed E-state index contributed by atoms with van der Waals surface area (Å²) in [5.41, 5.74) is -0.811. The fraction of sp³-hybridized carbons (Fsp3) is 0.526. The first-order chi connectivity index (χ1) is 13.7. The van der Waals surface area contributed by atoms with Crippen molar-refractivity contribution in [1.29, 1.82) is 0 Å². The number of hydrogen-bond acceptors (Lipinski definition) is 7. The van der Waals surface area contributed by atoms with Crippen LogP contribution in [0.25, 0.3) is 0 Å². The number of oxime groups is 1. The van der Waals surface area contributed by atoms with Crippen LogP contribution >= 0.6 is 0 Å². The predicted octanol–water partition coefficient (Wildman–Crippen LogP) is 3.19. The minimum atomic E-state index is -4.83. The minimum absolute atomic E-state index is 0.0543. The average molecular weight is 415 g/mol. The zero-order valence-corrected chi connectivity index (χ0v) is 15.8. The Hall–Kier alpha value is -2.78. The summed E-state index contributed by atoms with van der Waals surface area (Å²) in [4.78, 5) is 31.1. The Morgan fingerprint density at radius 3 is 2.24 bits per heavy atom. The second-order valence-electron chi connectivity index (χ2n) is 6.68. The van der Waals surface area contributed by atoms with Gasteiger partial charge < -0.3 is 19.0 Å². The van der Waals surface area contributed by atoms with E-state index in [-0.39, 0.29) is 32.2 Å². The van der Waals surface area contributed by atoms with Crippen LogP contribution in [0.15, 0.2) is 29.4 Å². The molecule has 1 fully saturated rings. The van der Waals surface area contributed by atoms with Crippen molar-refractivity contribution < 1.29 is 41.8 Å². The third-order valence-electron chi connectivity index (χ3n) is 4.95. The number of hydrogen-bond donors (Lipinski definition) is 0. The molecule has 1 saturated carbocycles. The van der Waals surface area contributed by atoms with Crippen LogP contribution in [0.5, 0.6) is 5.75 Å². The third-order valence-corrected chi connectivity index (χ3v) is 4.95. The van der Waals surface area contributed by atoms with Gasteiger partial charge in [0, 0.05) is 5.92 Å². The molecular weight excluding hydrogens is 395 g/mol. The zero-order valence-electron chi connectivity index (χ0n) is 15.8. The van der Waals surface area contributed by atoms with Gasteiger partial charge in [0.2, 0.25) is 0 Å². The van der Waals surface area contributed by atoms with Gasteiger partial charge in [-0.25, -0.2) is 0 Å². The highest BCUT2D eigenvalue weighted by Gasteiger charge is 2.65. The van der Waals surface area contributed by atoms with E-state index in [4.69, 9.17) is 14.3 Å². The molecule has 1 aliphatic carbocycles. The van der Waals surface area contributed by atoms with Crippen LogP contribution in [0.1, 0.15) is 31.7 Å². The number of carbonyl (C=O) groups is 2. The molecule has 1 heterocycles. The van der Waals surface area contributed by atoms with Crippen LogP contribution in [0.3, 0.4) is 0 Å². The second kappa shape index (κ2) is 7.92. The molecule has 0 saturated heterocycles. The van der Waals surface area contributed by atoms with Crippen LogP contribution in [-0.4, -0.2) is 43.8 Å². The first-order valence-corrected chi connectivity index (χ1v) is 9.12. The SMILES string of the molecule is CCOC(=O)C1(C(=O)OCC)C[C@H]2CON=C2[C@H]1c1ccc(OC(F)(F)F)cc1. The van der Waals surface area contributed by atoms with E-state index in [2.05, 4.69) is 9.89 Å². The lowest BCUT2D eigenvalue weighted by atomic mass is 9.73. The Kier molecular flexibility index (Phi) is 5.72. The molecule has 29 heavy (non-hydrogen) atoms. The Bertz CT molecular complexity index is 787. The van der Waals surface area contributed by atoms with E-state index in [1.54, 1.807) is 13.8 Å². The van der Waals surface area contributed by atoms with Crippen molar-refractivity contribution in [3.05, 3.63) is 29.8 Å². The molecule has 0 radical (unpaired) electrons. The molecule has 0 spiro atoms. The second-order valence-corrected chi connectivity index (χ2v) is 6.68. The highest BCUT2D eigenvalue weighted by Crippen LogP contribution is 2.54. The summed E-state index contributed by atoms with van der Waals surface area (Å²) in [6.45, 7) is 3.54. The van der Waals surface area contributed by atoms with Gasteiger partial charge in [-0.15, -0.1) is 13.2 Å². The number of alkyl halides is 3. The fourth-order valence-corrected chi connectivity index (χ4v) is 3.90. The van der Waals surface area contributed by atoms with Crippen LogP contribution in [0.2, 0.25) is 0 Å². The summed E-state index contributed by atoms with van der Waals surface area (Å²) in [5.74, 6) is -3.11. The van der Waals surface area contributed by atoms with Crippen LogP contribution in [-0.2, 0) is 23.9 Å². The normalized spacial score (nSPS) is 22.3. The Labute approximate surface area is 164 Å². The van der Waals surface area contributed by atoms with Crippen LogP contribution in [0.4, 0.5) is 13.2 Å². The first kappa shape index (κ1) is 20.9. The largest absolute Gasteiger partial charge is 0.573 e. The molecule has 10 heteroatoms. The van der Waals surface area contributed by atoms with Crippen molar-refractivity contribution in [2.45, 2.75) is 32.5 Å². The molecule has 1 aromatic rings. The highest BCUT2D eigenvalue weighted by molar-refractivity contribution is 6.12. The number of carbonyl (C=O) groups excluding carboxylic acids is 2. The molecule has 2 atom stereocenters. The quantitative estimate of drug-likeness (QED) is 0.524. The summed E-state index contributed by atoms with van der Waals surface area (Å²) < 4.78 is 51.6. The summed E-state index contributed by atoms with van der Waals surface area (Å²) in [5, 5.41) is 4.01. The standard InChI is InChI=1S/C19H20F3NO6/c1-3-26-16(24)18(17(25)27-4-2)9-12-10-28-23-15(12)14(18)11-5-7-13(8-6-11)29-19(20,21)22/h5-8,12,14H,3-4,9-10H2,1-2H3/t12-,14+/m0/s1. The number of fused-ring (bicyclic) bond motifs is 1. The van der Waals surface area contributed by atoms with E-state index in [9.17, 15) is 22.8 Å². The maximum absolute atomic E-state index is 13.0. The molecular formula is C19H20F3NO6. The average Bonchev–Trinajstić information content (AvgIpc) is 3.21.